The Bertz CT molecular complexity index is 892. The molecule has 7 heteroatoms. The molecule has 1 atom stereocenters. The van der Waals surface area contributed by atoms with Crippen molar-refractivity contribution >= 4 is 23.4 Å². The van der Waals surface area contributed by atoms with Crippen LogP contribution in [0.3, 0.4) is 0 Å². The van der Waals surface area contributed by atoms with Gasteiger partial charge in [-0.25, -0.2) is 0 Å². The van der Waals surface area contributed by atoms with E-state index < -0.39 is 0 Å². The number of benzene rings is 2. The molecule has 0 radical (unpaired) electrons. The summed E-state index contributed by atoms with van der Waals surface area (Å²) in [7, 11) is 0. The molecular formula is C18H19N5OS. The second kappa shape index (κ2) is 7.48. The van der Waals surface area contributed by atoms with Crippen molar-refractivity contribution in [2.45, 2.75) is 31.2 Å². The predicted octanol–water partition coefficient (Wildman–Crippen LogP) is 3.40. The van der Waals surface area contributed by atoms with Crippen LogP contribution in [-0.4, -0.2) is 31.4 Å². The fraction of sp³-hybridized carbons (Fsp3) is 0.222. The monoisotopic (exact) mass is 353 g/mol. The van der Waals surface area contributed by atoms with Crippen LogP contribution in [0.25, 0.3) is 5.69 Å². The predicted molar refractivity (Wildman–Crippen MR) is 99.0 cm³/mol. The van der Waals surface area contributed by atoms with Gasteiger partial charge in [0.1, 0.15) is 0 Å². The summed E-state index contributed by atoms with van der Waals surface area (Å²) in [5.41, 5.74) is 3.84. The molecule has 0 saturated heterocycles. The molecule has 0 fully saturated rings. The Hall–Kier alpha value is -2.67. The highest BCUT2D eigenvalue weighted by Gasteiger charge is 2.19. The number of anilines is 1. The molecule has 1 heterocycles. The summed E-state index contributed by atoms with van der Waals surface area (Å²) < 4.78 is 1.65. The van der Waals surface area contributed by atoms with Crippen LogP contribution < -0.4 is 5.32 Å². The zero-order chi connectivity index (χ0) is 17.8. The average molecular weight is 353 g/mol. The fourth-order valence-electron chi connectivity index (χ4n) is 2.33. The van der Waals surface area contributed by atoms with Crippen LogP contribution in [0.2, 0.25) is 0 Å². The van der Waals surface area contributed by atoms with Crippen LogP contribution >= 0.6 is 11.8 Å². The second-order valence-electron chi connectivity index (χ2n) is 5.78. The topological polar surface area (TPSA) is 72.7 Å². The smallest absolute Gasteiger partial charge is 0.237 e. The van der Waals surface area contributed by atoms with Gasteiger partial charge >= 0.3 is 0 Å². The van der Waals surface area contributed by atoms with E-state index in [1.165, 1.54) is 11.8 Å². The number of carbonyl (C=O) groups excluding carboxylic acids is 1. The lowest BCUT2D eigenvalue weighted by Gasteiger charge is -2.13. The normalized spacial score (nSPS) is 12.0. The molecule has 6 nitrogen and oxygen atoms in total. The van der Waals surface area contributed by atoms with E-state index in [0.29, 0.717) is 5.16 Å². The molecule has 0 aliphatic rings. The zero-order valence-corrected chi connectivity index (χ0v) is 15.1. The lowest BCUT2D eigenvalue weighted by atomic mass is 10.2. The Morgan fingerprint density at radius 1 is 1.16 bits per heavy atom. The quantitative estimate of drug-likeness (QED) is 0.712. The molecule has 25 heavy (non-hydrogen) atoms. The van der Waals surface area contributed by atoms with Crippen molar-refractivity contribution in [3.8, 4) is 5.69 Å². The molecule has 0 spiro atoms. The molecule has 3 aromatic rings. The maximum absolute atomic E-state index is 12.5. The first-order chi connectivity index (χ1) is 12.0. The number of nitrogens with one attached hydrogen (secondary N) is 1. The largest absolute Gasteiger partial charge is 0.325 e. The molecule has 0 saturated carbocycles. The fourth-order valence-corrected chi connectivity index (χ4v) is 3.14. The highest BCUT2D eigenvalue weighted by atomic mass is 32.2. The molecule has 1 aromatic heterocycles. The third-order valence-electron chi connectivity index (χ3n) is 3.74. The first kappa shape index (κ1) is 17.2. The highest BCUT2D eigenvalue weighted by Crippen LogP contribution is 2.24. The molecule has 2 aromatic carbocycles. The van der Waals surface area contributed by atoms with E-state index in [1.54, 1.807) is 4.68 Å². The van der Waals surface area contributed by atoms with Crippen molar-refractivity contribution in [2.75, 3.05) is 5.32 Å². The number of amides is 1. The first-order valence-electron chi connectivity index (χ1n) is 7.93. The summed E-state index contributed by atoms with van der Waals surface area (Å²) in [6.45, 7) is 5.82. The minimum Gasteiger partial charge on any atom is -0.325 e. The van der Waals surface area contributed by atoms with E-state index in [4.69, 9.17) is 0 Å². The Kier molecular flexibility index (Phi) is 5.14. The number of thioether (sulfide) groups is 1. The molecule has 1 amide bonds. The van der Waals surface area contributed by atoms with E-state index in [0.717, 1.165) is 22.5 Å². The van der Waals surface area contributed by atoms with E-state index in [-0.39, 0.29) is 11.2 Å². The number of hydrogen-bond acceptors (Lipinski definition) is 5. The SMILES string of the molecule is Cc1cccc(-n2nnnc2SC(C)C(=O)Nc2ccccc2C)c1. The van der Waals surface area contributed by atoms with E-state index in [2.05, 4.69) is 20.8 Å². The minimum absolute atomic E-state index is 0.0851. The van der Waals surface area contributed by atoms with Crippen LogP contribution in [0, 0.1) is 13.8 Å². The Labute approximate surface area is 150 Å². The summed E-state index contributed by atoms with van der Waals surface area (Å²) in [6.07, 6.45) is 0. The zero-order valence-electron chi connectivity index (χ0n) is 14.3. The molecule has 128 valence electrons. The van der Waals surface area contributed by atoms with E-state index in [1.807, 2.05) is 69.3 Å². The molecule has 0 bridgehead atoms. The maximum Gasteiger partial charge on any atom is 0.237 e. The lowest BCUT2D eigenvalue weighted by Crippen LogP contribution is -2.23. The van der Waals surface area contributed by atoms with Gasteiger partial charge in [-0.3, -0.25) is 4.79 Å². The third kappa shape index (κ3) is 4.06. The van der Waals surface area contributed by atoms with Gasteiger partial charge in [0.25, 0.3) is 0 Å². The number of hydrogen-bond donors (Lipinski definition) is 1. The van der Waals surface area contributed by atoms with E-state index >= 15 is 0 Å². The minimum atomic E-state index is -0.339. The van der Waals surface area contributed by atoms with Crippen molar-refractivity contribution < 1.29 is 4.79 Å². The molecule has 3 rings (SSSR count). The number of nitrogens with zero attached hydrogens (tertiary/aromatic N) is 4. The van der Waals surface area contributed by atoms with Crippen LogP contribution in [0.1, 0.15) is 18.1 Å². The Morgan fingerprint density at radius 2 is 1.96 bits per heavy atom. The van der Waals surface area contributed by atoms with E-state index in [9.17, 15) is 4.79 Å². The van der Waals surface area contributed by atoms with Gasteiger partial charge in [-0.2, -0.15) is 4.68 Å². The second-order valence-corrected chi connectivity index (χ2v) is 7.08. The number of aryl methyl sites for hydroxylation is 2. The number of rotatable bonds is 5. The average Bonchev–Trinajstić information content (AvgIpc) is 3.05. The molecule has 0 aliphatic heterocycles. The van der Waals surface area contributed by atoms with Crippen LogP contribution in [0.5, 0.6) is 0 Å². The summed E-state index contributed by atoms with van der Waals surface area (Å²) in [5.74, 6) is -0.0851. The molecule has 1 unspecified atom stereocenters. The molecular weight excluding hydrogens is 334 g/mol. The highest BCUT2D eigenvalue weighted by molar-refractivity contribution is 8.00. The van der Waals surface area contributed by atoms with Crippen LogP contribution in [-0.2, 0) is 4.79 Å². The van der Waals surface area contributed by atoms with Gasteiger partial charge in [0.15, 0.2) is 0 Å². The summed E-state index contributed by atoms with van der Waals surface area (Å²) >= 11 is 1.33. The molecule has 0 aliphatic carbocycles. The van der Waals surface area contributed by atoms with Crippen molar-refractivity contribution in [1.29, 1.82) is 0 Å². The van der Waals surface area contributed by atoms with Crippen molar-refractivity contribution in [3.05, 3.63) is 59.7 Å². The van der Waals surface area contributed by atoms with Crippen molar-refractivity contribution in [3.63, 3.8) is 0 Å². The number of aromatic nitrogens is 4. The standard InChI is InChI=1S/C18H19N5OS/c1-12-7-6-9-15(11-12)23-18(20-21-22-23)25-14(3)17(24)19-16-10-5-4-8-13(16)2/h4-11,14H,1-3H3,(H,19,24). The number of para-hydroxylation sites is 1. The Balaban J connectivity index is 1.74. The number of carbonyl (C=O) groups is 1. The Morgan fingerprint density at radius 3 is 2.72 bits per heavy atom. The van der Waals surface area contributed by atoms with Crippen LogP contribution in [0.4, 0.5) is 5.69 Å². The van der Waals surface area contributed by atoms with Gasteiger partial charge in [0.2, 0.25) is 11.1 Å². The lowest BCUT2D eigenvalue weighted by molar-refractivity contribution is -0.115. The molecule has 1 N–H and O–H groups in total. The summed E-state index contributed by atoms with van der Waals surface area (Å²) in [5, 5.41) is 15.0. The summed E-state index contributed by atoms with van der Waals surface area (Å²) in [4.78, 5) is 12.5. The maximum atomic E-state index is 12.5. The van der Waals surface area contributed by atoms with Gasteiger partial charge in [-0.05, 0) is 60.5 Å². The van der Waals surface area contributed by atoms with Gasteiger partial charge in [0.05, 0.1) is 10.9 Å². The van der Waals surface area contributed by atoms with Gasteiger partial charge < -0.3 is 5.32 Å². The van der Waals surface area contributed by atoms with Gasteiger partial charge in [-0.15, -0.1) is 5.10 Å². The van der Waals surface area contributed by atoms with Gasteiger partial charge in [0, 0.05) is 5.69 Å². The van der Waals surface area contributed by atoms with Crippen molar-refractivity contribution in [2.24, 2.45) is 0 Å². The third-order valence-corrected chi connectivity index (χ3v) is 4.77. The number of tetrazole rings is 1. The van der Waals surface area contributed by atoms with Crippen LogP contribution in [0.15, 0.2) is 53.7 Å². The van der Waals surface area contributed by atoms with Gasteiger partial charge in [-0.1, -0.05) is 42.1 Å². The summed E-state index contributed by atoms with van der Waals surface area (Å²) in [6, 6.07) is 15.6. The first-order valence-corrected chi connectivity index (χ1v) is 8.81. The van der Waals surface area contributed by atoms with Crippen molar-refractivity contribution in [1.82, 2.24) is 20.2 Å².